The molecule has 8 nitrogen and oxygen atoms in total. The quantitative estimate of drug-likeness (QED) is 0.525. The van der Waals surface area contributed by atoms with Crippen LogP contribution in [-0.4, -0.2) is 43.4 Å². The van der Waals surface area contributed by atoms with E-state index in [1.165, 1.54) is 41.7 Å². The van der Waals surface area contributed by atoms with Gasteiger partial charge in [-0.2, -0.15) is 0 Å². The van der Waals surface area contributed by atoms with Crippen molar-refractivity contribution in [2.75, 3.05) is 18.2 Å². The Labute approximate surface area is 184 Å². The largest absolute Gasteiger partial charge is 0.488 e. The smallest absolute Gasteiger partial charge is 0.257 e. The van der Waals surface area contributed by atoms with E-state index in [-0.39, 0.29) is 17.1 Å². The highest BCUT2D eigenvalue weighted by Gasteiger charge is 2.15. The van der Waals surface area contributed by atoms with Crippen LogP contribution in [0.5, 0.6) is 17.2 Å². The summed E-state index contributed by atoms with van der Waals surface area (Å²) in [7, 11) is -3.32. The van der Waals surface area contributed by atoms with Crippen LogP contribution in [0.4, 0.5) is 5.13 Å². The summed E-state index contributed by atoms with van der Waals surface area (Å²) in [4.78, 5) is 18.0. The molecule has 1 atom stereocenters. The molecule has 0 saturated carbocycles. The van der Waals surface area contributed by atoms with E-state index in [0.29, 0.717) is 22.4 Å². The lowest BCUT2D eigenvalue weighted by atomic mass is 10.2. The van der Waals surface area contributed by atoms with Crippen LogP contribution in [0.3, 0.4) is 0 Å². The molecule has 2 N–H and O–H groups in total. The number of carbonyl (C=O) groups excluding carboxylic acids is 1. The second-order valence-electron chi connectivity index (χ2n) is 6.88. The first kappa shape index (κ1) is 22.7. The maximum atomic E-state index is 12.7. The summed E-state index contributed by atoms with van der Waals surface area (Å²) in [6.07, 6.45) is 2.31. The highest BCUT2D eigenvalue weighted by Crippen LogP contribution is 2.29. The maximum Gasteiger partial charge on any atom is 0.257 e. The van der Waals surface area contributed by atoms with Crippen molar-refractivity contribution in [1.82, 2.24) is 4.98 Å². The Morgan fingerprint density at radius 1 is 1.16 bits per heavy atom. The van der Waals surface area contributed by atoms with Crippen LogP contribution >= 0.6 is 11.3 Å². The fourth-order valence-electron chi connectivity index (χ4n) is 2.57. The van der Waals surface area contributed by atoms with Crippen LogP contribution in [0.1, 0.15) is 22.2 Å². The van der Waals surface area contributed by atoms with E-state index in [4.69, 9.17) is 9.47 Å². The number of amides is 1. The summed E-state index contributed by atoms with van der Waals surface area (Å²) >= 11 is 1.35. The van der Waals surface area contributed by atoms with Crippen molar-refractivity contribution in [2.45, 2.75) is 24.8 Å². The number of rotatable bonds is 8. The molecule has 31 heavy (non-hydrogen) atoms. The molecule has 3 rings (SSSR count). The van der Waals surface area contributed by atoms with E-state index in [1.54, 1.807) is 25.3 Å². The Hall–Kier alpha value is -2.95. The van der Waals surface area contributed by atoms with Gasteiger partial charge in [0.2, 0.25) is 0 Å². The van der Waals surface area contributed by atoms with Crippen LogP contribution in [0, 0.1) is 6.92 Å². The average Bonchev–Trinajstić information content (AvgIpc) is 3.12. The summed E-state index contributed by atoms with van der Waals surface area (Å²) in [6, 6.07) is 10.6. The number of benzene rings is 2. The lowest BCUT2D eigenvalue weighted by molar-refractivity contribution is 0.102. The molecule has 3 aromatic rings. The van der Waals surface area contributed by atoms with Crippen molar-refractivity contribution in [3.05, 3.63) is 59.1 Å². The number of aromatic nitrogens is 1. The first-order valence-corrected chi connectivity index (χ1v) is 12.0. The Balaban J connectivity index is 1.88. The van der Waals surface area contributed by atoms with Crippen LogP contribution in [-0.2, 0) is 9.84 Å². The van der Waals surface area contributed by atoms with E-state index in [0.717, 1.165) is 11.1 Å². The molecular formula is C21H22N2O6S2. The molecule has 1 heterocycles. The number of aliphatic hydroxyl groups excluding tert-OH is 1. The second-order valence-corrected chi connectivity index (χ2v) is 10.1. The minimum absolute atomic E-state index is 0.174. The third-order valence-corrected chi connectivity index (χ3v) is 6.02. The molecule has 0 fully saturated rings. The van der Waals surface area contributed by atoms with Crippen LogP contribution < -0.4 is 14.8 Å². The molecule has 0 aliphatic heterocycles. The summed E-state index contributed by atoms with van der Waals surface area (Å²) in [5.74, 6) is 0.651. The molecule has 10 heteroatoms. The predicted molar refractivity (Wildman–Crippen MR) is 118 cm³/mol. The van der Waals surface area contributed by atoms with Gasteiger partial charge in [-0.05, 0) is 50.2 Å². The first-order chi connectivity index (χ1) is 14.6. The number of hydrogen-bond acceptors (Lipinski definition) is 8. The minimum atomic E-state index is -3.32. The molecule has 1 aromatic heterocycles. The van der Waals surface area contributed by atoms with Crippen molar-refractivity contribution in [3.8, 4) is 17.2 Å². The number of hydrogen-bond donors (Lipinski definition) is 2. The fourth-order valence-corrected chi connectivity index (χ4v) is 3.86. The average molecular weight is 463 g/mol. The van der Waals surface area contributed by atoms with Crippen molar-refractivity contribution in [1.29, 1.82) is 0 Å². The molecule has 0 saturated heterocycles. The molecule has 0 aliphatic carbocycles. The first-order valence-electron chi connectivity index (χ1n) is 9.28. The van der Waals surface area contributed by atoms with Crippen LogP contribution in [0.25, 0.3) is 0 Å². The SMILES string of the molecule is Cc1cnc(NC(=O)c2cc(Oc3ccc(S(C)(=O)=O)cc3)cc(OC(C)CO)c2)s1. The Morgan fingerprint density at radius 2 is 1.84 bits per heavy atom. The van der Waals surface area contributed by atoms with Gasteiger partial charge in [0.1, 0.15) is 23.4 Å². The Bertz CT molecular complexity index is 1170. The Morgan fingerprint density at radius 3 is 2.42 bits per heavy atom. The maximum absolute atomic E-state index is 12.7. The van der Waals surface area contributed by atoms with Gasteiger partial charge in [0.05, 0.1) is 11.5 Å². The topological polar surface area (TPSA) is 115 Å². The molecular weight excluding hydrogens is 440 g/mol. The van der Waals surface area contributed by atoms with Crippen molar-refractivity contribution in [2.24, 2.45) is 0 Å². The number of thiazole rings is 1. The van der Waals surface area contributed by atoms with E-state index in [2.05, 4.69) is 10.3 Å². The molecule has 1 unspecified atom stereocenters. The van der Waals surface area contributed by atoms with Crippen molar-refractivity contribution >= 4 is 32.2 Å². The van der Waals surface area contributed by atoms with E-state index in [1.807, 2.05) is 6.92 Å². The van der Waals surface area contributed by atoms with Gasteiger partial charge in [0.15, 0.2) is 15.0 Å². The number of ether oxygens (including phenoxy) is 2. The van der Waals surface area contributed by atoms with Gasteiger partial charge in [-0.1, -0.05) is 0 Å². The Kier molecular flexibility index (Phi) is 6.94. The second kappa shape index (κ2) is 9.46. The van der Waals surface area contributed by atoms with Gasteiger partial charge >= 0.3 is 0 Å². The number of aryl methyl sites for hydroxylation is 1. The number of carbonyl (C=O) groups is 1. The number of anilines is 1. The van der Waals surface area contributed by atoms with Crippen LogP contribution in [0.15, 0.2) is 53.6 Å². The summed E-state index contributed by atoms with van der Waals surface area (Å²) < 4.78 is 34.7. The van der Waals surface area contributed by atoms with Gasteiger partial charge in [-0.25, -0.2) is 13.4 Å². The van der Waals surface area contributed by atoms with E-state index >= 15 is 0 Å². The number of nitrogens with zero attached hydrogens (tertiary/aromatic N) is 1. The highest BCUT2D eigenvalue weighted by molar-refractivity contribution is 7.90. The van der Waals surface area contributed by atoms with Gasteiger partial charge in [0, 0.05) is 29.0 Å². The molecule has 164 valence electrons. The molecule has 0 radical (unpaired) electrons. The van der Waals surface area contributed by atoms with E-state index in [9.17, 15) is 18.3 Å². The van der Waals surface area contributed by atoms with Gasteiger partial charge in [0.25, 0.3) is 5.91 Å². The van der Waals surface area contributed by atoms with Gasteiger partial charge in [-0.3, -0.25) is 10.1 Å². The zero-order valence-electron chi connectivity index (χ0n) is 17.2. The van der Waals surface area contributed by atoms with Crippen molar-refractivity contribution in [3.63, 3.8) is 0 Å². The molecule has 1 amide bonds. The summed E-state index contributed by atoms with van der Waals surface area (Å²) in [5.41, 5.74) is 0.276. The highest BCUT2D eigenvalue weighted by atomic mass is 32.2. The number of nitrogens with one attached hydrogen (secondary N) is 1. The number of sulfone groups is 1. The lowest BCUT2D eigenvalue weighted by Gasteiger charge is -2.15. The van der Waals surface area contributed by atoms with Gasteiger partial charge in [-0.15, -0.1) is 11.3 Å². The fraction of sp³-hybridized carbons (Fsp3) is 0.238. The van der Waals surface area contributed by atoms with E-state index < -0.39 is 21.8 Å². The molecule has 0 bridgehead atoms. The predicted octanol–water partition coefficient (Wildman–Crippen LogP) is 3.66. The normalized spacial score (nSPS) is 12.3. The number of aliphatic hydroxyl groups is 1. The third kappa shape index (κ3) is 6.27. The summed E-state index contributed by atoms with van der Waals surface area (Å²) in [6.45, 7) is 3.38. The van der Waals surface area contributed by atoms with Crippen molar-refractivity contribution < 1.29 is 27.8 Å². The molecule has 0 aliphatic rings. The standard InChI is InChI=1S/C21H22N2O6S2/c1-13(12-24)28-17-8-15(20(25)23-21-22-11-14(2)30-21)9-18(10-17)29-16-4-6-19(7-5-16)31(3,26)27/h4-11,13,24H,12H2,1-3H3,(H,22,23,25). The molecule has 2 aromatic carbocycles. The van der Waals surface area contributed by atoms with Crippen LogP contribution in [0.2, 0.25) is 0 Å². The minimum Gasteiger partial charge on any atom is -0.488 e. The zero-order valence-corrected chi connectivity index (χ0v) is 18.8. The zero-order chi connectivity index (χ0) is 22.6. The van der Waals surface area contributed by atoms with Gasteiger partial charge < -0.3 is 14.6 Å². The monoisotopic (exact) mass is 462 g/mol. The molecule has 0 spiro atoms. The third-order valence-electron chi connectivity index (χ3n) is 4.07. The lowest BCUT2D eigenvalue weighted by Crippen LogP contribution is -2.17. The summed E-state index contributed by atoms with van der Waals surface area (Å²) in [5, 5.41) is 12.5.